The largest absolute Gasteiger partial charge is 0.508 e. The Hall–Kier alpha value is -5.11. The zero-order valence-electron chi connectivity index (χ0n) is 26.0. The number of aliphatic carboxylic acids is 1. The highest BCUT2D eigenvalue weighted by Crippen LogP contribution is 2.63. The molecule has 0 bridgehead atoms. The van der Waals surface area contributed by atoms with Crippen LogP contribution in [0.1, 0.15) is 53.9 Å². The highest BCUT2D eigenvalue weighted by Gasteiger charge is 2.65. The van der Waals surface area contributed by atoms with E-state index in [1.165, 1.54) is 11.0 Å². The highest BCUT2D eigenvalue weighted by atomic mass is 16.4. The van der Waals surface area contributed by atoms with Crippen molar-refractivity contribution in [1.29, 1.82) is 0 Å². The Balaban J connectivity index is 1.44. The van der Waals surface area contributed by atoms with Crippen LogP contribution in [0.5, 0.6) is 5.75 Å². The summed E-state index contributed by atoms with van der Waals surface area (Å²) < 4.78 is 0. The third kappa shape index (κ3) is 4.69. The van der Waals surface area contributed by atoms with Crippen molar-refractivity contribution in [2.24, 2.45) is 23.7 Å². The summed E-state index contributed by atoms with van der Waals surface area (Å²) in [4.78, 5) is 70.0. The first-order chi connectivity index (χ1) is 22.6. The second-order valence-corrected chi connectivity index (χ2v) is 13.2. The lowest BCUT2D eigenvalue weighted by Crippen LogP contribution is -2.58. The molecular formula is C39H35NO7. The van der Waals surface area contributed by atoms with E-state index in [0.29, 0.717) is 28.7 Å². The highest BCUT2D eigenvalue weighted by molar-refractivity contribution is 6.31. The van der Waals surface area contributed by atoms with Crippen LogP contribution in [0, 0.1) is 30.6 Å². The minimum absolute atomic E-state index is 0.0231. The number of rotatable bonds is 7. The average Bonchev–Trinajstić information content (AvgIpc) is 3.32. The van der Waals surface area contributed by atoms with Gasteiger partial charge < -0.3 is 10.2 Å². The number of hydrogen-bond donors (Lipinski definition) is 2. The summed E-state index contributed by atoms with van der Waals surface area (Å²) in [6.07, 6.45) is 3.99. The Morgan fingerprint density at radius 2 is 1.62 bits per heavy atom. The molecule has 3 aliphatic carbocycles. The van der Waals surface area contributed by atoms with E-state index in [4.69, 9.17) is 5.11 Å². The van der Waals surface area contributed by atoms with Crippen molar-refractivity contribution < 1.29 is 34.2 Å². The first kappa shape index (κ1) is 30.5. The quantitative estimate of drug-likeness (QED) is 0.265. The summed E-state index contributed by atoms with van der Waals surface area (Å²) >= 11 is 0. The molecule has 47 heavy (non-hydrogen) atoms. The number of imide groups is 1. The molecule has 4 aliphatic rings. The number of aryl methyl sites for hydroxylation is 1. The van der Waals surface area contributed by atoms with Crippen molar-refractivity contribution >= 4 is 34.9 Å². The van der Waals surface area contributed by atoms with E-state index in [9.17, 15) is 29.1 Å². The molecule has 238 valence electrons. The van der Waals surface area contributed by atoms with Crippen LogP contribution in [0.25, 0.3) is 5.57 Å². The maximum absolute atomic E-state index is 15.0. The number of carbonyl (C=O) groups excluding carboxylic acids is 4. The monoisotopic (exact) mass is 629 g/mol. The van der Waals surface area contributed by atoms with E-state index in [0.717, 1.165) is 11.1 Å². The lowest BCUT2D eigenvalue weighted by Gasteiger charge is -2.55. The molecule has 1 heterocycles. The van der Waals surface area contributed by atoms with E-state index in [1.54, 1.807) is 19.1 Å². The molecule has 1 aliphatic heterocycles. The summed E-state index contributed by atoms with van der Waals surface area (Å²) in [5.74, 6) is -5.27. The molecule has 2 fully saturated rings. The number of phenolic OH excluding ortho intramolecular Hbond substituents is 1. The Kier molecular flexibility index (Phi) is 7.54. The maximum Gasteiger partial charge on any atom is 0.303 e. The number of nitrogens with zero attached hydrogens (tertiary/aromatic N) is 1. The number of aromatic hydroxyl groups is 1. The van der Waals surface area contributed by atoms with Crippen molar-refractivity contribution in [2.75, 3.05) is 6.54 Å². The summed E-state index contributed by atoms with van der Waals surface area (Å²) in [5, 5.41) is 19.7. The van der Waals surface area contributed by atoms with Crippen LogP contribution in [0.2, 0.25) is 0 Å². The minimum Gasteiger partial charge on any atom is -0.508 e. The Morgan fingerprint density at radius 1 is 0.915 bits per heavy atom. The molecule has 1 saturated carbocycles. The van der Waals surface area contributed by atoms with Gasteiger partial charge in [0.2, 0.25) is 11.8 Å². The zero-order chi connectivity index (χ0) is 33.0. The number of allylic oxidation sites excluding steroid dienone is 4. The van der Waals surface area contributed by atoms with Gasteiger partial charge in [0.05, 0.1) is 17.3 Å². The molecule has 8 heteroatoms. The number of benzene rings is 3. The Morgan fingerprint density at radius 3 is 2.30 bits per heavy atom. The summed E-state index contributed by atoms with van der Waals surface area (Å²) in [6.45, 7) is 1.81. The van der Waals surface area contributed by atoms with E-state index in [-0.39, 0.29) is 54.9 Å². The predicted molar refractivity (Wildman–Crippen MR) is 173 cm³/mol. The molecule has 0 unspecified atom stereocenters. The van der Waals surface area contributed by atoms with E-state index >= 15 is 0 Å². The van der Waals surface area contributed by atoms with Gasteiger partial charge in [-0.25, -0.2) is 0 Å². The molecule has 0 radical (unpaired) electrons. The molecule has 2 N–H and O–H groups in total. The van der Waals surface area contributed by atoms with Gasteiger partial charge in [-0.1, -0.05) is 84.4 Å². The number of carboxylic acids is 1. The molecule has 2 amide bonds. The molecule has 0 spiro atoms. The van der Waals surface area contributed by atoms with Gasteiger partial charge in [0.15, 0.2) is 11.6 Å². The van der Waals surface area contributed by atoms with Crippen LogP contribution < -0.4 is 0 Å². The topological polar surface area (TPSA) is 129 Å². The van der Waals surface area contributed by atoms with E-state index in [1.807, 2.05) is 72.8 Å². The number of likely N-dealkylation sites (tertiary alicyclic amines) is 1. The maximum atomic E-state index is 15.0. The van der Waals surface area contributed by atoms with Gasteiger partial charge in [0, 0.05) is 30.4 Å². The molecule has 7 rings (SSSR count). The molecule has 6 atom stereocenters. The summed E-state index contributed by atoms with van der Waals surface area (Å²) in [6, 6.07) is 23.7. The second kappa shape index (κ2) is 11.6. The number of carbonyl (C=O) groups is 5. The number of ketones is 2. The third-order valence-corrected chi connectivity index (χ3v) is 10.8. The fourth-order valence-electron chi connectivity index (χ4n) is 8.78. The van der Waals surface area contributed by atoms with Gasteiger partial charge >= 0.3 is 5.97 Å². The van der Waals surface area contributed by atoms with Gasteiger partial charge in [0.25, 0.3) is 0 Å². The number of hydrogen-bond acceptors (Lipinski definition) is 6. The number of amides is 2. The van der Waals surface area contributed by atoms with Crippen LogP contribution >= 0.6 is 0 Å². The van der Waals surface area contributed by atoms with Crippen LogP contribution in [0.4, 0.5) is 0 Å². The first-order valence-electron chi connectivity index (χ1n) is 16.1. The van der Waals surface area contributed by atoms with E-state index < -0.39 is 41.0 Å². The fourth-order valence-corrected chi connectivity index (χ4v) is 8.78. The second-order valence-electron chi connectivity index (χ2n) is 13.2. The van der Waals surface area contributed by atoms with E-state index in [2.05, 4.69) is 0 Å². The minimum atomic E-state index is -1.33. The van der Waals surface area contributed by atoms with Crippen LogP contribution in [0.15, 0.2) is 96.6 Å². The molecule has 1 saturated heterocycles. The summed E-state index contributed by atoms with van der Waals surface area (Å²) in [5.41, 5.74) is 2.56. The number of phenols is 1. The van der Waals surface area contributed by atoms with Gasteiger partial charge in [-0.3, -0.25) is 28.9 Å². The van der Waals surface area contributed by atoms with Crippen LogP contribution in [-0.4, -0.2) is 51.0 Å². The normalized spacial score (nSPS) is 28.3. The molecule has 8 nitrogen and oxygen atoms in total. The van der Waals surface area contributed by atoms with Crippen molar-refractivity contribution in [2.45, 2.75) is 43.9 Å². The molecule has 3 aromatic rings. The molecule has 0 aromatic heterocycles. The average molecular weight is 630 g/mol. The number of Topliss-reactive ketones (excluding diaryl/α,β-unsaturated/α-hetero) is 1. The smallest absolute Gasteiger partial charge is 0.303 e. The number of carboxylic acid groups (broad SMARTS) is 1. The van der Waals surface area contributed by atoms with Gasteiger partial charge in [0.1, 0.15) is 5.75 Å². The fraction of sp³-hybridized carbons (Fsp3) is 0.308. The SMILES string of the molecule is Cc1cc([C@H]2C3=CC[C@@H]4C(=O)N(CCCC(=O)O)C(=O)[C@@H]4[C@@H]3C[C@H]3C(=O)C(c4ccccc4)=CC(=O)[C@@]23c2ccccc2)ccc1O. The molecule has 3 aromatic carbocycles. The standard InChI is InChI=1S/C39H35NO7/c1-22-19-24(14-17-31(22)41)35-26-15-16-27-34(38(47)40(37(27)46)18-8-13-33(43)44)29(26)20-30-36(45)28(23-9-4-2-5-10-23)21-32(42)39(30,35)25-11-6-3-7-12-25/h2-7,9-12,14-15,17,19,21,27,29-30,34-35,41H,8,13,16,18,20H2,1H3,(H,43,44)/t27-,29+,30-,34-,35-,39-/m0/s1. The third-order valence-electron chi connectivity index (χ3n) is 10.8. The predicted octanol–water partition coefficient (Wildman–Crippen LogP) is 5.39. The van der Waals surface area contributed by atoms with Crippen molar-refractivity contribution in [3.05, 3.63) is 119 Å². The van der Waals surface area contributed by atoms with Gasteiger partial charge in [-0.05, 0) is 66.5 Å². The van der Waals surface area contributed by atoms with Crippen molar-refractivity contribution in [3.8, 4) is 5.75 Å². The summed E-state index contributed by atoms with van der Waals surface area (Å²) in [7, 11) is 0. The molecular weight excluding hydrogens is 594 g/mol. The first-order valence-corrected chi connectivity index (χ1v) is 16.1. The Labute approximate surface area is 272 Å². The lowest BCUT2D eigenvalue weighted by molar-refractivity contribution is -0.142. The van der Waals surface area contributed by atoms with Crippen molar-refractivity contribution in [1.82, 2.24) is 4.90 Å². The van der Waals surface area contributed by atoms with Gasteiger partial charge in [-0.15, -0.1) is 0 Å². The van der Waals surface area contributed by atoms with Crippen LogP contribution in [0.3, 0.4) is 0 Å². The van der Waals surface area contributed by atoms with Gasteiger partial charge in [-0.2, -0.15) is 0 Å². The zero-order valence-corrected chi connectivity index (χ0v) is 26.0. The van der Waals surface area contributed by atoms with Crippen LogP contribution in [-0.2, 0) is 29.4 Å². The number of fused-ring (bicyclic) bond motifs is 4. The Bertz CT molecular complexity index is 1880. The van der Waals surface area contributed by atoms with Crippen molar-refractivity contribution in [3.63, 3.8) is 0 Å². The lowest BCUT2D eigenvalue weighted by atomic mass is 9.44.